The highest BCUT2D eigenvalue weighted by Crippen LogP contribution is 2.20. The second-order valence-corrected chi connectivity index (χ2v) is 4.35. The average molecular weight is 294 g/mol. The topological polar surface area (TPSA) is 66.9 Å². The van der Waals surface area contributed by atoms with Crippen molar-refractivity contribution in [1.82, 2.24) is 0 Å². The molecule has 2 aromatic rings. The van der Waals surface area contributed by atoms with Crippen molar-refractivity contribution < 1.29 is 9.31 Å². The maximum Gasteiger partial charge on any atom is 0.276 e. The minimum atomic E-state index is -0.491. The Hall–Kier alpha value is -3.26. The van der Waals surface area contributed by atoms with Gasteiger partial charge in [0, 0.05) is 11.6 Å². The Morgan fingerprint density at radius 1 is 1.18 bits per heavy atom. The summed E-state index contributed by atoms with van der Waals surface area (Å²) in [6, 6.07) is 14.1. The molecule has 2 aromatic carbocycles. The number of hydrogen-bond donors (Lipinski definition) is 0. The highest BCUT2D eigenvalue weighted by atomic mass is 19.1. The van der Waals surface area contributed by atoms with Crippen LogP contribution in [0.15, 0.2) is 60.7 Å². The minimum absolute atomic E-state index is 0.0310. The molecule has 108 valence electrons. The quantitative estimate of drug-likeness (QED) is 0.364. The molecule has 4 nitrogen and oxygen atoms in total. The molecule has 0 aliphatic carbocycles. The number of rotatable bonds is 4. The Kier molecular flexibility index (Phi) is 4.78. The maximum absolute atomic E-state index is 13.6. The van der Waals surface area contributed by atoms with E-state index >= 15 is 0 Å². The molecule has 0 heterocycles. The predicted octanol–water partition coefficient (Wildman–Crippen LogP) is 4.35. The monoisotopic (exact) mass is 294 g/mol. The van der Waals surface area contributed by atoms with Crippen molar-refractivity contribution in [3.63, 3.8) is 0 Å². The molecule has 0 aliphatic heterocycles. The van der Waals surface area contributed by atoms with Gasteiger partial charge in [-0.3, -0.25) is 10.1 Å². The average Bonchev–Trinajstić information content (AvgIpc) is 2.53. The number of nitro benzene ring substituents is 1. The first-order valence-corrected chi connectivity index (χ1v) is 6.40. The van der Waals surface area contributed by atoms with E-state index in [0.717, 1.165) is 0 Å². The van der Waals surface area contributed by atoms with Crippen LogP contribution in [0.3, 0.4) is 0 Å². The van der Waals surface area contributed by atoms with Crippen molar-refractivity contribution in [1.29, 1.82) is 5.26 Å². The van der Waals surface area contributed by atoms with Gasteiger partial charge in [0.15, 0.2) is 0 Å². The molecule has 0 saturated heterocycles. The molecule has 0 aromatic heterocycles. The Morgan fingerprint density at radius 2 is 1.86 bits per heavy atom. The van der Waals surface area contributed by atoms with Crippen LogP contribution in [0.4, 0.5) is 10.1 Å². The smallest absolute Gasteiger partial charge is 0.258 e. The molecule has 0 atom stereocenters. The van der Waals surface area contributed by atoms with Crippen LogP contribution in [0.1, 0.15) is 11.1 Å². The van der Waals surface area contributed by atoms with Crippen LogP contribution in [0.5, 0.6) is 0 Å². The van der Waals surface area contributed by atoms with Crippen molar-refractivity contribution in [3.8, 4) is 6.07 Å². The summed E-state index contributed by atoms with van der Waals surface area (Å²) < 4.78 is 13.6. The number of para-hydroxylation sites is 1. The van der Waals surface area contributed by atoms with Gasteiger partial charge in [-0.25, -0.2) is 4.39 Å². The van der Waals surface area contributed by atoms with Crippen LogP contribution in [0, 0.1) is 27.3 Å². The largest absolute Gasteiger partial charge is 0.276 e. The molecule has 0 spiro atoms. The third-order valence-electron chi connectivity index (χ3n) is 2.96. The molecule has 5 heteroatoms. The predicted molar refractivity (Wildman–Crippen MR) is 82.1 cm³/mol. The highest BCUT2D eigenvalue weighted by Gasteiger charge is 2.09. The van der Waals surface area contributed by atoms with E-state index in [2.05, 4.69) is 0 Å². The van der Waals surface area contributed by atoms with Crippen LogP contribution in [0.25, 0.3) is 11.6 Å². The lowest BCUT2D eigenvalue weighted by atomic mass is 10.1. The molecular formula is C17H11FN2O2. The molecule has 22 heavy (non-hydrogen) atoms. The van der Waals surface area contributed by atoms with Gasteiger partial charge in [-0.1, -0.05) is 36.4 Å². The van der Waals surface area contributed by atoms with E-state index in [1.54, 1.807) is 24.3 Å². The van der Waals surface area contributed by atoms with Gasteiger partial charge in [0.2, 0.25) is 0 Å². The van der Waals surface area contributed by atoms with Crippen LogP contribution in [-0.4, -0.2) is 4.92 Å². The van der Waals surface area contributed by atoms with E-state index in [9.17, 15) is 14.5 Å². The Morgan fingerprint density at radius 3 is 2.55 bits per heavy atom. The number of allylic oxidation sites excluding steroid dienone is 3. The van der Waals surface area contributed by atoms with E-state index in [1.165, 1.54) is 42.5 Å². The molecule has 0 saturated carbocycles. The van der Waals surface area contributed by atoms with E-state index in [-0.39, 0.29) is 16.8 Å². The standard InChI is InChI=1S/C17H11FN2O2/c18-16-10-3-2-9-15(16)14(12-19)8-5-7-13-6-1-4-11-17(13)20(21)22/h1-11H. The third-order valence-corrected chi connectivity index (χ3v) is 2.96. The van der Waals surface area contributed by atoms with Gasteiger partial charge in [0.25, 0.3) is 5.69 Å². The van der Waals surface area contributed by atoms with Gasteiger partial charge in [0.05, 0.1) is 22.1 Å². The minimum Gasteiger partial charge on any atom is -0.258 e. The van der Waals surface area contributed by atoms with Gasteiger partial charge in [0.1, 0.15) is 5.82 Å². The van der Waals surface area contributed by atoms with Gasteiger partial charge < -0.3 is 0 Å². The van der Waals surface area contributed by atoms with Crippen LogP contribution in [-0.2, 0) is 0 Å². The summed E-state index contributed by atoms with van der Waals surface area (Å²) in [5.74, 6) is -0.491. The number of benzene rings is 2. The van der Waals surface area contributed by atoms with Crippen molar-refractivity contribution in [2.75, 3.05) is 0 Å². The summed E-state index contributed by atoms with van der Waals surface area (Å²) in [7, 11) is 0. The molecule has 0 aliphatic rings. The van der Waals surface area contributed by atoms with E-state index < -0.39 is 10.7 Å². The zero-order valence-electron chi connectivity index (χ0n) is 11.4. The summed E-state index contributed by atoms with van der Waals surface area (Å²) in [6.45, 7) is 0. The lowest BCUT2D eigenvalue weighted by Gasteiger charge is -1.99. The summed E-state index contributed by atoms with van der Waals surface area (Å²) in [5, 5.41) is 20.0. The maximum atomic E-state index is 13.6. The van der Waals surface area contributed by atoms with E-state index in [0.29, 0.717) is 5.56 Å². The molecular weight excluding hydrogens is 283 g/mol. The molecule has 2 rings (SSSR count). The number of nitrogens with zero attached hydrogens (tertiary/aromatic N) is 2. The van der Waals surface area contributed by atoms with Crippen molar-refractivity contribution >= 4 is 17.3 Å². The molecule has 0 amide bonds. The molecule has 0 fully saturated rings. The van der Waals surface area contributed by atoms with Gasteiger partial charge >= 0.3 is 0 Å². The lowest BCUT2D eigenvalue weighted by Crippen LogP contribution is -1.90. The summed E-state index contributed by atoms with van der Waals surface area (Å²) in [4.78, 5) is 10.4. The second-order valence-electron chi connectivity index (χ2n) is 4.35. The van der Waals surface area contributed by atoms with Crippen LogP contribution < -0.4 is 0 Å². The van der Waals surface area contributed by atoms with E-state index in [4.69, 9.17) is 5.26 Å². The van der Waals surface area contributed by atoms with E-state index in [1.807, 2.05) is 6.07 Å². The number of halogens is 1. The lowest BCUT2D eigenvalue weighted by molar-refractivity contribution is -0.385. The Labute approximate surface area is 126 Å². The van der Waals surface area contributed by atoms with Crippen molar-refractivity contribution in [2.45, 2.75) is 0 Å². The Balaban J connectivity index is 2.33. The number of hydrogen-bond acceptors (Lipinski definition) is 3. The molecule has 0 N–H and O–H groups in total. The molecule has 0 radical (unpaired) electrons. The van der Waals surface area contributed by atoms with Gasteiger partial charge in [-0.2, -0.15) is 5.26 Å². The highest BCUT2D eigenvalue weighted by molar-refractivity contribution is 5.79. The van der Waals surface area contributed by atoms with Crippen molar-refractivity contribution in [3.05, 3.63) is 87.7 Å². The van der Waals surface area contributed by atoms with Crippen molar-refractivity contribution in [2.24, 2.45) is 0 Å². The summed E-state index contributed by atoms with van der Waals surface area (Å²) in [5.41, 5.74) is 0.719. The fourth-order valence-corrected chi connectivity index (χ4v) is 1.91. The van der Waals surface area contributed by atoms with Crippen LogP contribution >= 0.6 is 0 Å². The second kappa shape index (κ2) is 6.95. The first kappa shape index (κ1) is 15.1. The first-order chi connectivity index (χ1) is 10.6. The molecule has 0 bridgehead atoms. The third kappa shape index (κ3) is 3.44. The van der Waals surface area contributed by atoms with Gasteiger partial charge in [-0.05, 0) is 24.3 Å². The van der Waals surface area contributed by atoms with Gasteiger partial charge in [-0.15, -0.1) is 0 Å². The zero-order valence-corrected chi connectivity index (χ0v) is 11.4. The molecule has 0 unspecified atom stereocenters. The number of nitriles is 1. The zero-order chi connectivity index (χ0) is 15.9. The SMILES string of the molecule is N#CC(=CC=Cc1ccccc1[N+](=O)[O-])c1ccccc1F. The fraction of sp³-hybridized carbons (Fsp3) is 0. The fourth-order valence-electron chi connectivity index (χ4n) is 1.91. The first-order valence-electron chi connectivity index (χ1n) is 6.40. The summed E-state index contributed by atoms with van der Waals surface area (Å²) in [6.07, 6.45) is 4.43. The van der Waals surface area contributed by atoms with Crippen LogP contribution in [0.2, 0.25) is 0 Å². The summed E-state index contributed by atoms with van der Waals surface area (Å²) >= 11 is 0. The number of nitro groups is 1. The Bertz CT molecular complexity index is 804. The normalized spacial score (nSPS) is 11.4.